The van der Waals surface area contributed by atoms with E-state index in [0.717, 1.165) is 17.1 Å². The molecule has 274 valence electrons. The van der Waals surface area contributed by atoms with Crippen molar-refractivity contribution in [1.82, 2.24) is 0 Å². The first-order chi connectivity index (χ1) is 28.5. The standard InChI is InChI=1S/C57H41N/c1-57(2)55-20-12-11-19-51(55)52-34-31-46(37-56(52)57)58(44-27-21-40(22-28-44)38-13-5-3-6-14-38)45-29-23-41(24-30-45)43-26-33-50-49-32-25-42(39-15-7-4-8-16-39)35-53(49)47-17-9-10-18-48(47)54(50)36-43/h3-37H,1-2H3. The Bertz CT molecular complexity index is 3140. The summed E-state index contributed by atoms with van der Waals surface area (Å²) in [7, 11) is 0. The number of hydrogen-bond acceptors (Lipinski definition) is 1. The van der Waals surface area contributed by atoms with Crippen molar-refractivity contribution < 1.29 is 0 Å². The molecule has 0 fully saturated rings. The quantitative estimate of drug-likeness (QED) is 0.154. The van der Waals surface area contributed by atoms with Crippen molar-refractivity contribution in [1.29, 1.82) is 0 Å². The van der Waals surface area contributed by atoms with E-state index >= 15 is 0 Å². The number of fused-ring (bicyclic) bond motifs is 9. The van der Waals surface area contributed by atoms with E-state index in [1.807, 2.05) is 0 Å². The van der Waals surface area contributed by atoms with Crippen LogP contribution in [0.25, 0.3) is 76.8 Å². The van der Waals surface area contributed by atoms with Gasteiger partial charge in [0.25, 0.3) is 0 Å². The summed E-state index contributed by atoms with van der Waals surface area (Å²) >= 11 is 0. The third-order valence-corrected chi connectivity index (χ3v) is 12.5. The van der Waals surface area contributed by atoms with E-state index in [0.29, 0.717) is 0 Å². The largest absolute Gasteiger partial charge is 0.310 e. The molecule has 10 aromatic rings. The number of hydrogen-bond donors (Lipinski definition) is 0. The lowest BCUT2D eigenvalue weighted by Gasteiger charge is -2.28. The molecule has 0 radical (unpaired) electrons. The van der Waals surface area contributed by atoms with E-state index in [9.17, 15) is 0 Å². The summed E-state index contributed by atoms with van der Waals surface area (Å²) in [6.07, 6.45) is 0. The minimum Gasteiger partial charge on any atom is -0.310 e. The van der Waals surface area contributed by atoms with Crippen LogP contribution in [0, 0.1) is 0 Å². The molecule has 1 heteroatoms. The van der Waals surface area contributed by atoms with Crippen LogP contribution in [0.4, 0.5) is 17.1 Å². The van der Waals surface area contributed by atoms with Gasteiger partial charge >= 0.3 is 0 Å². The lowest BCUT2D eigenvalue weighted by atomic mass is 9.82. The van der Waals surface area contributed by atoms with Gasteiger partial charge in [0.2, 0.25) is 0 Å². The van der Waals surface area contributed by atoms with Crippen molar-refractivity contribution in [3.8, 4) is 44.5 Å². The fourth-order valence-electron chi connectivity index (χ4n) is 9.46. The SMILES string of the molecule is CC1(C)c2ccccc2-c2ccc(N(c3ccc(-c4ccccc4)cc3)c3ccc(-c4ccc5c6ccc(-c7ccccc7)cc6c6ccccc6c5c4)cc3)cc21. The maximum absolute atomic E-state index is 2.41. The third kappa shape index (κ3) is 5.54. The summed E-state index contributed by atoms with van der Waals surface area (Å²) < 4.78 is 0. The second-order valence-corrected chi connectivity index (χ2v) is 16.1. The second-order valence-electron chi connectivity index (χ2n) is 16.1. The Morgan fingerprint density at radius 1 is 0.276 bits per heavy atom. The fourth-order valence-corrected chi connectivity index (χ4v) is 9.46. The van der Waals surface area contributed by atoms with E-state index in [-0.39, 0.29) is 5.41 Å². The van der Waals surface area contributed by atoms with Gasteiger partial charge in [-0.3, -0.25) is 0 Å². The van der Waals surface area contributed by atoms with Gasteiger partial charge in [-0.25, -0.2) is 0 Å². The van der Waals surface area contributed by atoms with Crippen LogP contribution < -0.4 is 4.90 Å². The molecular weight excluding hydrogens is 699 g/mol. The van der Waals surface area contributed by atoms with Gasteiger partial charge in [-0.05, 0) is 136 Å². The molecule has 1 aliphatic carbocycles. The van der Waals surface area contributed by atoms with Crippen LogP contribution >= 0.6 is 0 Å². The zero-order valence-electron chi connectivity index (χ0n) is 32.7. The molecule has 0 spiro atoms. The molecule has 0 heterocycles. The van der Waals surface area contributed by atoms with Crippen LogP contribution in [0.1, 0.15) is 25.0 Å². The van der Waals surface area contributed by atoms with E-state index in [4.69, 9.17) is 0 Å². The van der Waals surface area contributed by atoms with Crippen molar-refractivity contribution in [3.05, 3.63) is 223 Å². The number of rotatable bonds is 6. The summed E-state index contributed by atoms with van der Waals surface area (Å²) in [5.41, 5.74) is 16.0. The van der Waals surface area contributed by atoms with Gasteiger partial charge in [0, 0.05) is 22.5 Å². The molecule has 10 aromatic carbocycles. The smallest absolute Gasteiger partial charge is 0.0465 e. The van der Waals surface area contributed by atoms with Gasteiger partial charge in [0.05, 0.1) is 0 Å². The highest BCUT2D eigenvalue weighted by Gasteiger charge is 2.35. The van der Waals surface area contributed by atoms with Gasteiger partial charge in [0.15, 0.2) is 0 Å². The number of nitrogens with zero attached hydrogens (tertiary/aromatic N) is 1. The Balaban J connectivity index is 1.01. The summed E-state index contributed by atoms with van der Waals surface area (Å²) in [6.45, 7) is 4.71. The summed E-state index contributed by atoms with van der Waals surface area (Å²) in [5.74, 6) is 0. The predicted octanol–water partition coefficient (Wildman–Crippen LogP) is 15.9. The molecule has 0 aliphatic heterocycles. The Labute approximate surface area is 340 Å². The van der Waals surface area contributed by atoms with Crippen LogP contribution in [0.3, 0.4) is 0 Å². The first-order valence-electron chi connectivity index (χ1n) is 20.3. The molecule has 0 bridgehead atoms. The Kier molecular flexibility index (Phi) is 7.91. The molecule has 0 N–H and O–H groups in total. The van der Waals surface area contributed by atoms with Crippen molar-refractivity contribution in [2.75, 3.05) is 4.90 Å². The Morgan fingerprint density at radius 2 is 0.672 bits per heavy atom. The highest BCUT2D eigenvalue weighted by molar-refractivity contribution is 6.26. The molecule has 0 saturated carbocycles. The van der Waals surface area contributed by atoms with Crippen molar-refractivity contribution in [2.24, 2.45) is 0 Å². The van der Waals surface area contributed by atoms with E-state index in [1.165, 1.54) is 88.0 Å². The second kappa shape index (κ2) is 13.5. The number of anilines is 3. The molecule has 11 rings (SSSR count). The summed E-state index contributed by atoms with van der Waals surface area (Å²) in [4.78, 5) is 2.40. The fraction of sp³-hybridized carbons (Fsp3) is 0.0526. The van der Waals surface area contributed by atoms with Gasteiger partial charge in [0.1, 0.15) is 0 Å². The highest BCUT2D eigenvalue weighted by Crippen LogP contribution is 2.51. The first kappa shape index (κ1) is 34.1. The molecule has 1 nitrogen and oxygen atoms in total. The van der Waals surface area contributed by atoms with Crippen LogP contribution in [-0.4, -0.2) is 0 Å². The molecule has 0 saturated heterocycles. The van der Waals surface area contributed by atoms with Gasteiger partial charge in [-0.15, -0.1) is 0 Å². The van der Waals surface area contributed by atoms with Gasteiger partial charge < -0.3 is 4.90 Å². The topological polar surface area (TPSA) is 3.24 Å². The lowest BCUT2D eigenvalue weighted by Crippen LogP contribution is -2.16. The maximum atomic E-state index is 2.41. The van der Waals surface area contributed by atoms with E-state index < -0.39 is 0 Å². The maximum Gasteiger partial charge on any atom is 0.0465 e. The van der Waals surface area contributed by atoms with Crippen molar-refractivity contribution >= 4 is 49.4 Å². The molecule has 58 heavy (non-hydrogen) atoms. The molecule has 1 aliphatic rings. The van der Waals surface area contributed by atoms with E-state index in [2.05, 4.69) is 231 Å². The average molecular weight is 740 g/mol. The highest BCUT2D eigenvalue weighted by atomic mass is 15.1. The van der Waals surface area contributed by atoms with Crippen LogP contribution in [-0.2, 0) is 5.41 Å². The summed E-state index contributed by atoms with van der Waals surface area (Å²) in [5, 5.41) is 7.69. The average Bonchev–Trinajstić information content (AvgIpc) is 3.52. The third-order valence-electron chi connectivity index (χ3n) is 12.5. The minimum absolute atomic E-state index is 0.0929. The normalized spacial score (nSPS) is 12.8. The number of benzene rings is 10. The van der Waals surface area contributed by atoms with Crippen molar-refractivity contribution in [3.63, 3.8) is 0 Å². The predicted molar refractivity (Wildman–Crippen MR) is 248 cm³/mol. The molecule has 0 atom stereocenters. The van der Waals surface area contributed by atoms with Gasteiger partial charge in [-0.1, -0.05) is 178 Å². The molecule has 0 unspecified atom stereocenters. The van der Waals surface area contributed by atoms with Crippen LogP contribution in [0.5, 0.6) is 0 Å². The zero-order valence-corrected chi connectivity index (χ0v) is 32.7. The monoisotopic (exact) mass is 739 g/mol. The Morgan fingerprint density at radius 3 is 1.24 bits per heavy atom. The molecule has 0 amide bonds. The van der Waals surface area contributed by atoms with E-state index in [1.54, 1.807) is 0 Å². The Hall–Kier alpha value is -7.22. The van der Waals surface area contributed by atoms with Gasteiger partial charge in [-0.2, -0.15) is 0 Å². The zero-order chi connectivity index (χ0) is 38.8. The molecule has 0 aromatic heterocycles. The summed E-state index contributed by atoms with van der Waals surface area (Å²) in [6, 6.07) is 78.1. The van der Waals surface area contributed by atoms with Crippen LogP contribution in [0.15, 0.2) is 212 Å². The van der Waals surface area contributed by atoms with Crippen molar-refractivity contribution in [2.45, 2.75) is 19.3 Å². The first-order valence-corrected chi connectivity index (χ1v) is 20.3. The van der Waals surface area contributed by atoms with Crippen LogP contribution in [0.2, 0.25) is 0 Å². The minimum atomic E-state index is -0.0929. The molecular formula is C57H41N. The lowest BCUT2D eigenvalue weighted by molar-refractivity contribution is 0.660.